The molecule has 21 heavy (non-hydrogen) atoms. The van der Waals surface area contributed by atoms with Gasteiger partial charge in [-0.2, -0.15) is 0 Å². The van der Waals surface area contributed by atoms with Gasteiger partial charge in [-0.25, -0.2) is 4.39 Å². The Morgan fingerprint density at radius 2 is 1.67 bits per heavy atom. The van der Waals surface area contributed by atoms with E-state index in [9.17, 15) is 4.39 Å². The summed E-state index contributed by atoms with van der Waals surface area (Å²) in [5.41, 5.74) is 9.26. The molecule has 1 atom stereocenters. The second-order valence-electron chi connectivity index (χ2n) is 5.07. The Morgan fingerprint density at radius 3 is 2.24 bits per heavy atom. The lowest BCUT2D eigenvalue weighted by molar-refractivity contribution is 0.354. The monoisotopic (exact) mass is 289 g/mol. The Kier molecular flexibility index (Phi) is 4.48. The van der Waals surface area contributed by atoms with Crippen LogP contribution >= 0.6 is 0 Å². The third kappa shape index (κ3) is 3.00. The first-order valence-electron chi connectivity index (χ1n) is 6.72. The maximum Gasteiger partial charge on any atom is 0.161 e. The van der Waals surface area contributed by atoms with Crippen LogP contribution in [0, 0.1) is 19.7 Å². The van der Waals surface area contributed by atoms with Crippen molar-refractivity contribution < 1.29 is 13.9 Å². The van der Waals surface area contributed by atoms with Crippen molar-refractivity contribution in [2.45, 2.75) is 19.9 Å². The molecule has 2 aromatic carbocycles. The van der Waals surface area contributed by atoms with Gasteiger partial charge in [0.1, 0.15) is 5.82 Å². The molecular formula is C17H20FNO2. The molecule has 1 unspecified atom stereocenters. The smallest absolute Gasteiger partial charge is 0.161 e. The molecule has 0 saturated carbocycles. The number of benzene rings is 2. The molecule has 0 saturated heterocycles. The number of nitrogens with two attached hydrogens (primary N) is 1. The summed E-state index contributed by atoms with van der Waals surface area (Å²) in [4.78, 5) is 0. The second kappa shape index (κ2) is 6.14. The Morgan fingerprint density at radius 1 is 1.00 bits per heavy atom. The zero-order valence-corrected chi connectivity index (χ0v) is 12.7. The van der Waals surface area contributed by atoms with Crippen LogP contribution in [-0.4, -0.2) is 14.2 Å². The summed E-state index contributed by atoms with van der Waals surface area (Å²) < 4.78 is 24.7. The summed E-state index contributed by atoms with van der Waals surface area (Å²) in [5, 5.41) is 0. The van der Waals surface area contributed by atoms with Gasteiger partial charge in [0.2, 0.25) is 0 Å². The normalized spacial score (nSPS) is 12.1. The molecule has 0 spiro atoms. The topological polar surface area (TPSA) is 44.5 Å². The first kappa shape index (κ1) is 15.3. The van der Waals surface area contributed by atoms with E-state index in [1.807, 2.05) is 26.0 Å². The second-order valence-corrected chi connectivity index (χ2v) is 5.07. The van der Waals surface area contributed by atoms with Crippen molar-refractivity contribution in [2.75, 3.05) is 14.2 Å². The molecule has 0 aliphatic rings. The van der Waals surface area contributed by atoms with E-state index in [-0.39, 0.29) is 5.82 Å². The van der Waals surface area contributed by atoms with Crippen LogP contribution in [-0.2, 0) is 0 Å². The van der Waals surface area contributed by atoms with Gasteiger partial charge in [-0.3, -0.25) is 0 Å². The average molecular weight is 289 g/mol. The van der Waals surface area contributed by atoms with E-state index in [2.05, 4.69) is 0 Å². The van der Waals surface area contributed by atoms with Crippen molar-refractivity contribution in [1.82, 2.24) is 0 Å². The quantitative estimate of drug-likeness (QED) is 0.936. The van der Waals surface area contributed by atoms with Crippen LogP contribution in [0.5, 0.6) is 11.5 Å². The van der Waals surface area contributed by atoms with Gasteiger partial charge in [-0.15, -0.1) is 0 Å². The van der Waals surface area contributed by atoms with E-state index in [1.54, 1.807) is 26.4 Å². The van der Waals surface area contributed by atoms with Crippen molar-refractivity contribution in [2.24, 2.45) is 5.73 Å². The number of methoxy groups -OCH3 is 2. The third-order valence-corrected chi connectivity index (χ3v) is 3.56. The Labute approximate surface area is 124 Å². The van der Waals surface area contributed by atoms with Crippen LogP contribution in [0.15, 0.2) is 30.3 Å². The van der Waals surface area contributed by atoms with Crippen LogP contribution in [0.2, 0.25) is 0 Å². The maximum absolute atomic E-state index is 14.2. The molecule has 3 nitrogen and oxygen atoms in total. The third-order valence-electron chi connectivity index (χ3n) is 3.56. The number of hydrogen-bond acceptors (Lipinski definition) is 3. The number of halogens is 1. The summed E-state index contributed by atoms with van der Waals surface area (Å²) in [7, 11) is 3.13. The van der Waals surface area contributed by atoms with Gasteiger partial charge < -0.3 is 15.2 Å². The van der Waals surface area contributed by atoms with Gasteiger partial charge >= 0.3 is 0 Å². The van der Waals surface area contributed by atoms with E-state index >= 15 is 0 Å². The van der Waals surface area contributed by atoms with Gasteiger partial charge in [-0.1, -0.05) is 12.1 Å². The summed E-state index contributed by atoms with van der Waals surface area (Å²) in [6.07, 6.45) is 0. The fraction of sp³-hybridized carbons (Fsp3) is 0.294. The Bertz CT molecular complexity index is 632. The Hall–Kier alpha value is -2.07. The average Bonchev–Trinajstić information content (AvgIpc) is 2.45. The molecule has 4 heteroatoms. The zero-order valence-electron chi connectivity index (χ0n) is 12.7. The van der Waals surface area contributed by atoms with Crippen LogP contribution in [0.3, 0.4) is 0 Å². The van der Waals surface area contributed by atoms with E-state index < -0.39 is 6.04 Å². The lowest BCUT2D eigenvalue weighted by atomic mass is 9.93. The minimum atomic E-state index is -0.551. The van der Waals surface area contributed by atoms with Crippen molar-refractivity contribution in [1.29, 1.82) is 0 Å². The molecule has 112 valence electrons. The van der Waals surface area contributed by atoms with Crippen molar-refractivity contribution >= 4 is 0 Å². The van der Waals surface area contributed by atoms with Gasteiger partial charge in [-0.05, 0) is 48.7 Å². The molecule has 0 bridgehead atoms. The predicted octanol–water partition coefficient (Wildman–Crippen LogP) is 3.51. The van der Waals surface area contributed by atoms with Crippen LogP contribution in [0.4, 0.5) is 4.39 Å². The summed E-state index contributed by atoms with van der Waals surface area (Å²) in [6.45, 7) is 3.73. The molecule has 0 fully saturated rings. The van der Waals surface area contributed by atoms with Crippen LogP contribution in [0.25, 0.3) is 0 Å². The predicted molar refractivity (Wildman–Crippen MR) is 81.5 cm³/mol. The molecule has 0 aliphatic heterocycles. The molecule has 0 radical (unpaired) electrons. The van der Waals surface area contributed by atoms with Crippen LogP contribution in [0.1, 0.15) is 28.3 Å². The lowest BCUT2D eigenvalue weighted by Gasteiger charge is -2.18. The highest BCUT2D eigenvalue weighted by molar-refractivity contribution is 5.47. The molecular weight excluding hydrogens is 269 g/mol. The standard InChI is InChI=1S/C17H20FNO2/c1-10-7-11(2)16(13(18)8-10)17(19)12-5-6-14(20-3)15(9-12)21-4/h5-9,17H,19H2,1-4H3. The highest BCUT2D eigenvalue weighted by Crippen LogP contribution is 2.33. The molecule has 0 amide bonds. The number of ether oxygens (including phenoxy) is 2. The summed E-state index contributed by atoms with van der Waals surface area (Å²) in [6, 6.07) is 8.26. The van der Waals surface area contributed by atoms with E-state index in [0.717, 1.165) is 16.7 Å². The van der Waals surface area contributed by atoms with Gasteiger partial charge in [0, 0.05) is 5.56 Å². The van der Waals surface area contributed by atoms with Crippen molar-refractivity contribution in [3.8, 4) is 11.5 Å². The van der Waals surface area contributed by atoms with Gasteiger partial charge in [0.15, 0.2) is 11.5 Å². The van der Waals surface area contributed by atoms with Crippen molar-refractivity contribution in [3.05, 3.63) is 58.4 Å². The lowest BCUT2D eigenvalue weighted by Crippen LogP contribution is -2.15. The van der Waals surface area contributed by atoms with E-state index in [0.29, 0.717) is 17.1 Å². The molecule has 2 N–H and O–H groups in total. The largest absolute Gasteiger partial charge is 0.493 e. The minimum Gasteiger partial charge on any atom is -0.493 e. The van der Waals surface area contributed by atoms with E-state index in [4.69, 9.17) is 15.2 Å². The molecule has 2 aromatic rings. The van der Waals surface area contributed by atoms with Gasteiger partial charge in [0.05, 0.1) is 20.3 Å². The first-order valence-corrected chi connectivity index (χ1v) is 6.72. The van der Waals surface area contributed by atoms with E-state index in [1.165, 1.54) is 6.07 Å². The SMILES string of the molecule is COc1ccc(C(N)c2c(C)cc(C)cc2F)cc1OC. The van der Waals surface area contributed by atoms with Crippen LogP contribution < -0.4 is 15.2 Å². The fourth-order valence-electron chi connectivity index (χ4n) is 2.53. The Balaban J connectivity index is 2.47. The molecule has 2 rings (SSSR count). The number of aryl methyl sites for hydroxylation is 2. The zero-order chi connectivity index (χ0) is 15.6. The fourth-order valence-corrected chi connectivity index (χ4v) is 2.53. The molecule has 0 aromatic heterocycles. The maximum atomic E-state index is 14.2. The van der Waals surface area contributed by atoms with Crippen molar-refractivity contribution in [3.63, 3.8) is 0 Å². The number of rotatable bonds is 4. The number of hydrogen-bond donors (Lipinski definition) is 1. The summed E-state index contributed by atoms with van der Waals surface area (Å²) in [5.74, 6) is 0.917. The molecule has 0 heterocycles. The minimum absolute atomic E-state index is 0.283. The highest BCUT2D eigenvalue weighted by Gasteiger charge is 2.18. The summed E-state index contributed by atoms with van der Waals surface area (Å²) >= 11 is 0. The van der Waals surface area contributed by atoms with Gasteiger partial charge in [0.25, 0.3) is 0 Å². The highest BCUT2D eigenvalue weighted by atomic mass is 19.1. The molecule has 0 aliphatic carbocycles. The first-order chi connectivity index (χ1) is 9.97.